The fraction of sp³-hybridized carbons (Fsp3) is 0.125. The van der Waals surface area contributed by atoms with Gasteiger partial charge in [0.2, 0.25) is 0 Å². The maximum atomic E-state index is 12.9. The summed E-state index contributed by atoms with van der Waals surface area (Å²) in [6.45, 7) is 0. The van der Waals surface area contributed by atoms with Gasteiger partial charge in [0.25, 0.3) is 0 Å². The molecular formula is C8H5Cl3FNO2S. The van der Waals surface area contributed by atoms with Crippen LogP contribution in [0.1, 0.15) is 0 Å². The third kappa shape index (κ3) is 4.25. The Balaban J connectivity index is 2.94. The van der Waals surface area contributed by atoms with Gasteiger partial charge in [-0.15, -0.1) is 0 Å². The Morgan fingerprint density at radius 1 is 1.38 bits per heavy atom. The van der Waals surface area contributed by atoms with Gasteiger partial charge in [-0.1, -0.05) is 34.8 Å². The molecule has 0 spiro atoms. The minimum atomic E-state index is -2.72. The lowest BCUT2D eigenvalue weighted by atomic mass is 10.3. The Kier molecular flexibility index (Phi) is 4.55. The van der Waals surface area contributed by atoms with Crippen molar-refractivity contribution in [2.45, 2.75) is 3.92 Å². The van der Waals surface area contributed by atoms with Crippen molar-refractivity contribution in [3.63, 3.8) is 0 Å². The molecular weight excluding hydrogens is 300 g/mol. The number of rotatable bonds is 3. The summed E-state index contributed by atoms with van der Waals surface area (Å²) in [5.41, 5.74) is 0.199. The summed E-state index contributed by atoms with van der Waals surface area (Å²) >= 11 is 15.9. The Morgan fingerprint density at radius 2 is 1.88 bits per heavy atom. The molecule has 0 radical (unpaired) electrons. The van der Waals surface area contributed by atoms with Crippen LogP contribution in [0.25, 0.3) is 0 Å². The number of halogens is 4. The van der Waals surface area contributed by atoms with Gasteiger partial charge in [0.1, 0.15) is 0 Å². The standard InChI is InChI=1S/C8H5Cl3FNO2S/c9-5-1-3-6(4-2-5)13(7(14)15)16-8(10,11)12/h1-4H,(H,14,15). The van der Waals surface area contributed by atoms with Crippen molar-refractivity contribution >= 4 is 58.5 Å². The highest BCUT2D eigenvalue weighted by molar-refractivity contribution is 8.04. The number of benzene rings is 1. The molecule has 1 N–H and O–H groups in total. The van der Waals surface area contributed by atoms with Gasteiger partial charge in [-0.25, -0.2) is 9.10 Å². The summed E-state index contributed by atoms with van der Waals surface area (Å²) in [6.07, 6.45) is -1.39. The number of hydrogen-bond donors (Lipinski definition) is 1. The van der Waals surface area contributed by atoms with Crippen molar-refractivity contribution in [2.24, 2.45) is 0 Å². The topological polar surface area (TPSA) is 40.5 Å². The monoisotopic (exact) mass is 303 g/mol. The van der Waals surface area contributed by atoms with Crippen molar-refractivity contribution in [1.29, 1.82) is 0 Å². The molecule has 0 saturated carbocycles. The van der Waals surface area contributed by atoms with Crippen LogP contribution in [0.4, 0.5) is 14.9 Å². The normalized spacial score (nSPS) is 11.2. The maximum absolute atomic E-state index is 12.9. The van der Waals surface area contributed by atoms with E-state index in [1.165, 1.54) is 24.3 Å². The summed E-state index contributed by atoms with van der Waals surface area (Å²) < 4.78 is 10.8. The highest BCUT2D eigenvalue weighted by Crippen LogP contribution is 2.40. The number of hydrogen-bond acceptors (Lipinski definition) is 2. The van der Waals surface area contributed by atoms with Gasteiger partial charge >= 0.3 is 10.0 Å². The number of amides is 1. The van der Waals surface area contributed by atoms with Crippen molar-refractivity contribution in [3.8, 4) is 0 Å². The number of carbonyl (C=O) groups is 1. The van der Waals surface area contributed by atoms with E-state index in [0.717, 1.165) is 0 Å². The second-order valence-electron chi connectivity index (χ2n) is 2.59. The van der Waals surface area contributed by atoms with Crippen LogP contribution in [0.5, 0.6) is 0 Å². The first-order chi connectivity index (χ1) is 7.29. The fourth-order valence-corrected chi connectivity index (χ4v) is 1.93. The largest absolute Gasteiger partial charge is 0.464 e. The lowest BCUT2D eigenvalue weighted by molar-refractivity contribution is 0.206. The minimum absolute atomic E-state index is 0.124. The van der Waals surface area contributed by atoms with Gasteiger partial charge in [0, 0.05) is 17.0 Å². The Hall–Kier alpha value is -0.360. The van der Waals surface area contributed by atoms with Crippen molar-refractivity contribution < 1.29 is 14.3 Å². The summed E-state index contributed by atoms with van der Waals surface area (Å²) in [5.74, 6) is 0. The van der Waals surface area contributed by atoms with Gasteiger partial charge in [0.05, 0.1) is 5.69 Å². The molecule has 8 heteroatoms. The number of carboxylic acid groups (broad SMARTS) is 1. The van der Waals surface area contributed by atoms with Crippen LogP contribution in [0, 0.1) is 0 Å². The molecule has 0 unspecified atom stereocenters. The molecule has 88 valence electrons. The molecule has 0 saturated heterocycles. The molecule has 16 heavy (non-hydrogen) atoms. The van der Waals surface area contributed by atoms with Crippen LogP contribution in [0.2, 0.25) is 5.02 Å². The van der Waals surface area contributed by atoms with E-state index < -0.39 is 10.0 Å². The third-order valence-corrected chi connectivity index (χ3v) is 2.85. The predicted molar refractivity (Wildman–Crippen MR) is 65.1 cm³/mol. The zero-order chi connectivity index (χ0) is 12.3. The molecule has 0 aliphatic rings. The van der Waals surface area contributed by atoms with E-state index in [2.05, 4.69) is 0 Å². The summed E-state index contributed by atoms with van der Waals surface area (Å²) in [5, 5.41) is 9.28. The predicted octanol–water partition coefficient (Wildman–Crippen LogP) is 4.53. The van der Waals surface area contributed by atoms with E-state index in [0.29, 0.717) is 9.33 Å². The van der Waals surface area contributed by atoms with E-state index >= 15 is 0 Å². The first-order valence-electron chi connectivity index (χ1n) is 3.84. The molecule has 0 aromatic heterocycles. The molecule has 1 rings (SSSR count). The van der Waals surface area contributed by atoms with Gasteiger partial charge in [-0.3, -0.25) is 0 Å². The van der Waals surface area contributed by atoms with Crippen molar-refractivity contribution in [1.82, 2.24) is 0 Å². The molecule has 3 nitrogen and oxygen atoms in total. The van der Waals surface area contributed by atoms with Crippen LogP contribution in [0.3, 0.4) is 0 Å². The Bertz CT molecular complexity index is 382. The molecule has 0 fully saturated rings. The number of alkyl halides is 3. The SMILES string of the molecule is O=C(O)N(SC(F)(Cl)Cl)c1ccc(Cl)cc1. The van der Waals surface area contributed by atoms with E-state index in [9.17, 15) is 9.18 Å². The molecule has 1 amide bonds. The zero-order valence-corrected chi connectivity index (χ0v) is 10.6. The molecule has 1 aromatic carbocycles. The van der Waals surface area contributed by atoms with E-state index in [1.807, 2.05) is 0 Å². The van der Waals surface area contributed by atoms with Crippen LogP contribution >= 0.6 is 46.8 Å². The first kappa shape index (κ1) is 13.7. The molecule has 0 atom stereocenters. The smallest absolute Gasteiger partial charge is 0.422 e. The summed E-state index contributed by atoms with van der Waals surface area (Å²) in [6, 6.07) is 5.75. The summed E-state index contributed by atoms with van der Waals surface area (Å²) in [4.78, 5) is 10.9. The second-order valence-corrected chi connectivity index (χ2v) is 5.82. The van der Waals surface area contributed by atoms with Gasteiger partial charge in [-0.05, 0) is 24.3 Å². The van der Waals surface area contributed by atoms with Gasteiger partial charge in [0.15, 0.2) is 0 Å². The molecule has 0 aliphatic heterocycles. The van der Waals surface area contributed by atoms with E-state index in [-0.39, 0.29) is 17.6 Å². The van der Waals surface area contributed by atoms with E-state index in [4.69, 9.17) is 39.9 Å². The second kappa shape index (κ2) is 5.31. The lowest BCUT2D eigenvalue weighted by Gasteiger charge is -2.20. The van der Waals surface area contributed by atoms with Gasteiger partial charge in [-0.2, -0.15) is 4.39 Å². The van der Waals surface area contributed by atoms with Crippen LogP contribution in [-0.4, -0.2) is 15.1 Å². The van der Waals surface area contributed by atoms with E-state index in [1.54, 1.807) is 0 Å². The van der Waals surface area contributed by atoms with Crippen LogP contribution in [0.15, 0.2) is 24.3 Å². The van der Waals surface area contributed by atoms with Crippen LogP contribution < -0.4 is 4.31 Å². The lowest BCUT2D eigenvalue weighted by Crippen LogP contribution is -2.25. The molecule has 0 aliphatic carbocycles. The first-order valence-corrected chi connectivity index (χ1v) is 5.75. The zero-order valence-electron chi connectivity index (χ0n) is 7.53. The summed E-state index contributed by atoms with van der Waals surface area (Å²) in [7, 11) is 0. The Morgan fingerprint density at radius 3 is 2.25 bits per heavy atom. The maximum Gasteiger partial charge on any atom is 0.422 e. The highest BCUT2D eigenvalue weighted by Gasteiger charge is 2.31. The molecule has 0 bridgehead atoms. The molecule has 0 heterocycles. The highest BCUT2D eigenvalue weighted by atomic mass is 35.5. The average Bonchev–Trinajstić information content (AvgIpc) is 2.14. The molecule has 1 aromatic rings. The number of nitrogens with zero attached hydrogens (tertiary/aromatic N) is 1. The quantitative estimate of drug-likeness (QED) is 0.659. The van der Waals surface area contributed by atoms with Crippen molar-refractivity contribution in [2.75, 3.05) is 4.31 Å². The fourth-order valence-electron chi connectivity index (χ4n) is 0.882. The van der Waals surface area contributed by atoms with Crippen molar-refractivity contribution in [3.05, 3.63) is 29.3 Å². The van der Waals surface area contributed by atoms with Crippen LogP contribution in [-0.2, 0) is 0 Å². The Labute approximate surface area is 110 Å². The third-order valence-electron chi connectivity index (χ3n) is 1.43. The average molecular weight is 305 g/mol. The van der Waals surface area contributed by atoms with Gasteiger partial charge < -0.3 is 5.11 Å². The minimum Gasteiger partial charge on any atom is -0.464 e. The number of anilines is 1.